The molecule has 2 aromatic rings. The number of hydrogen-bond acceptors (Lipinski definition) is 6. The van der Waals surface area contributed by atoms with Crippen molar-refractivity contribution in [3.8, 4) is 5.82 Å². The third kappa shape index (κ3) is 3.24. The average Bonchev–Trinajstić information content (AvgIpc) is 3.22. The molecule has 2 aliphatic carbocycles. The summed E-state index contributed by atoms with van der Waals surface area (Å²) in [6.45, 7) is 1.85. The Balaban J connectivity index is 0.000000183. The Morgan fingerprint density at radius 3 is 2.43 bits per heavy atom. The first-order chi connectivity index (χ1) is 11.2. The number of aromatic nitrogens is 4. The highest BCUT2D eigenvalue weighted by molar-refractivity contribution is 5.49. The number of hydrazine groups is 1. The summed E-state index contributed by atoms with van der Waals surface area (Å²) in [5.74, 6) is 5.69. The molecule has 116 valence electrons. The molecule has 0 spiro atoms. The minimum Gasteiger partial charge on any atom is -0.292 e. The molecular weight excluding hydrogens is 292 g/mol. The van der Waals surface area contributed by atoms with E-state index >= 15 is 0 Å². The summed E-state index contributed by atoms with van der Waals surface area (Å²) in [5, 5.41) is 0. The number of allylic oxidation sites excluding steroid dienone is 6. The number of nitrogens with two attached hydrogens (primary N) is 1. The fourth-order valence-corrected chi connectivity index (χ4v) is 2.29. The lowest BCUT2D eigenvalue weighted by atomic mass is 10.3. The summed E-state index contributed by atoms with van der Waals surface area (Å²) in [5.41, 5.74) is 5.52. The van der Waals surface area contributed by atoms with Gasteiger partial charge in [-0.15, -0.1) is 0 Å². The summed E-state index contributed by atoms with van der Waals surface area (Å²) >= 11 is 0. The highest BCUT2D eigenvalue weighted by Gasteiger charge is 2.08. The van der Waals surface area contributed by atoms with Gasteiger partial charge in [0.15, 0.2) is 0 Å². The predicted molar refractivity (Wildman–Crippen MR) is 87.9 cm³/mol. The van der Waals surface area contributed by atoms with Crippen LogP contribution in [0.4, 0.5) is 5.95 Å². The van der Waals surface area contributed by atoms with Gasteiger partial charge in [-0.25, -0.2) is 25.2 Å². The lowest BCUT2D eigenvalue weighted by Crippen LogP contribution is -2.26. The Kier molecular flexibility index (Phi) is 4.11. The topological polar surface area (TPSA) is 98.7 Å². The fraction of sp³-hybridized carbons (Fsp3) is 0.125. The van der Waals surface area contributed by atoms with Crippen molar-refractivity contribution in [2.75, 3.05) is 5.43 Å². The summed E-state index contributed by atoms with van der Waals surface area (Å²) in [6, 6.07) is 3.64. The minimum atomic E-state index is -0.482. The third-order valence-corrected chi connectivity index (χ3v) is 3.47. The van der Waals surface area contributed by atoms with E-state index in [-0.39, 0.29) is 5.95 Å². The Bertz CT molecular complexity index is 858. The maximum Gasteiger partial charge on any atom is 0.357 e. The van der Waals surface area contributed by atoms with E-state index < -0.39 is 5.69 Å². The van der Waals surface area contributed by atoms with Gasteiger partial charge >= 0.3 is 5.69 Å². The van der Waals surface area contributed by atoms with Gasteiger partial charge in [0.2, 0.25) is 5.95 Å². The minimum absolute atomic E-state index is 0.0786. The number of nitrogens with one attached hydrogen (secondary N) is 1. The molecule has 2 bridgehead atoms. The quantitative estimate of drug-likeness (QED) is 0.643. The predicted octanol–water partition coefficient (Wildman–Crippen LogP) is 1.43. The maximum atomic E-state index is 11.6. The van der Waals surface area contributed by atoms with Crippen LogP contribution in [0.3, 0.4) is 0 Å². The van der Waals surface area contributed by atoms with Crippen LogP contribution in [0, 0.1) is 6.92 Å². The van der Waals surface area contributed by atoms with E-state index in [4.69, 9.17) is 5.84 Å². The van der Waals surface area contributed by atoms with E-state index in [1.807, 2.05) is 13.0 Å². The number of pyridine rings is 1. The zero-order chi connectivity index (χ0) is 16.2. The van der Waals surface area contributed by atoms with Crippen molar-refractivity contribution in [3.05, 3.63) is 76.2 Å². The van der Waals surface area contributed by atoms with Gasteiger partial charge in [-0.3, -0.25) is 5.43 Å². The van der Waals surface area contributed by atoms with E-state index in [9.17, 15) is 4.79 Å². The number of nitrogen functional groups attached to an aromatic ring is 1. The van der Waals surface area contributed by atoms with Crippen molar-refractivity contribution < 1.29 is 0 Å². The van der Waals surface area contributed by atoms with Crippen LogP contribution in [-0.2, 0) is 0 Å². The summed E-state index contributed by atoms with van der Waals surface area (Å²) in [6.07, 6.45) is 12.8. The van der Waals surface area contributed by atoms with Crippen LogP contribution in [0.5, 0.6) is 0 Å². The molecule has 0 amide bonds. The van der Waals surface area contributed by atoms with Crippen LogP contribution < -0.4 is 17.0 Å². The molecule has 2 heterocycles. The van der Waals surface area contributed by atoms with Gasteiger partial charge in [0.1, 0.15) is 12.1 Å². The Morgan fingerprint density at radius 1 is 1.22 bits per heavy atom. The van der Waals surface area contributed by atoms with Crippen molar-refractivity contribution in [1.29, 1.82) is 0 Å². The van der Waals surface area contributed by atoms with Gasteiger partial charge in [-0.1, -0.05) is 30.4 Å². The number of aryl methyl sites for hydroxylation is 1. The van der Waals surface area contributed by atoms with E-state index in [0.29, 0.717) is 5.82 Å². The van der Waals surface area contributed by atoms with Crippen LogP contribution >= 0.6 is 0 Å². The van der Waals surface area contributed by atoms with Gasteiger partial charge in [-0.05, 0) is 36.1 Å². The van der Waals surface area contributed by atoms with Crippen LogP contribution in [0.15, 0.2) is 64.9 Å². The molecule has 0 saturated carbocycles. The smallest absolute Gasteiger partial charge is 0.292 e. The summed E-state index contributed by atoms with van der Waals surface area (Å²) < 4.78 is 1.26. The van der Waals surface area contributed by atoms with E-state index in [0.717, 1.165) is 5.56 Å². The lowest BCUT2D eigenvalue weighted by molar-refractivity contribution is 0.829. The molecule has 0 aliphatic heterocycles. The average molecular weight is 308 g/mol. The van der Waals surface area contributed by atoms with Crippen LogP contribution in [0.1, 0.15) is 12.0 Å². The Labute approximate surface area is 132 Å². The second-order valence-corrected chi connectivity index (χ2v) is 5.11. The molecule has 0 radical (unpaired) electrons. The second-order valence-electron chi connectivity index (χ2n) is 5.11. The van der Waals surface area contributed by atoms with Crippen molar-refractivity contribution >= 4 is 5.95 Å². The molecule has 0 aromatic carbocycles. The second kappa shape index (κ2) is 6.37. The van der Waals surface area contributed by atoms with E-state index in [2.05, 4.69) is 44.7 Å². The number of rotatable bonds is 2. The van der Waals surface area contributed by atoms with Crippen molar-refractivity contribution in [2.24, 2.45) is 5.84 Å². The Hall–Kier alpha value is -3.06. The molecule has 2 aliphatic rings. The first-order valence-corrected chi connectivity index (χ1v) is 7.09. The SMILES string of the molecule is C1=CC2=CC=C1C2.Cc1cccnc1-n1cnc(NN)nc1=O. The largest absolute Gasteiger partial charge is 0.357 e. The molecule has 7 nitrogen and oxygen atoms in total. The molecule has 7 heteroatoms. The molecule has 3 N–H and O–H groups in total. The molecule has 0 atom stereocenters. The first kappa shape index (κ1) is 14.9. The number of nitrogens with zero attached hydrogens (tertiary/aromatic N) is 4. The molecular formula is C16H16N6O. The molecule has 0 fully saturated rings. The lowest BCUT2D eigenvalue weighted by Gasteiger charge is -2.06. The van der Waals surface area contributed by atoms with Crippen molar-refractivity contribution in [2.45, 2.75) is 13.3 Å². The molecule has 23 heavy (non-hydrogen) atoms. The summed E-state index contributed by atoms with van der Waals surface area (Å²) in [4.78, 5) is 23.2. The highest BCUT2D eigenvalue weighted by Crippen LogP contribution is 2.27. The first-order valence-electron chi connectivity index (χ1n) is 7.09. The molecule has 0 saturated heterocycles. The fourth-order valence-electron chi connectivity index (χ4n) is 2.29. The van der Waals surface area contributed by atoms with Crippen molar-refractivity contribution in [3.63, 3.8) is 0 Å². The molecule has 0 unspecified atom stereocenters. The zero-order valence-electron chi connectivity index (χ0n) is 12.6. The van der Waals surface area contributed by atoms with E-state index in [1.165, 1.54) is 28.5 Å². The van der Waals surface area contributed by atoms with Gasteiger partial charge in [0, 0.05) is 6.20 Å². The van der Waals surface area contributed by atoms with Gasteiger partial charge < -0.3 is 0 Å². The Morgan fingerprint density at radius 2 is 1.96 bits per heavy atom. The number of anilines is 1. The van der Waals surface area contributed by atoms with Gasteiger partial charge in [-0.2, -0.15) is 4.98 Å². The normalized spacial score (nSPS) is 14.0. The number of hydrogen-bond donors (Lipinski definition) is 2. The third-order valence-electron chi connectivity index (χ3n) is 3.47. The van der Waals surface area contributed by atoms with Gasteiger partial charge in [0.25, 0.3) is 0 Å². The zero-order valence-corrected chi connectivity index (χ0v) is 12.6. The van der Waals surface area contributed by atoms with Crippen molar-refractivity contribution in [1.82, 2.24) is 19.5 Å². The van der Waals surface area contributed by atoms with Crippen LogP contribution in [-0.4, -0.2) is 19.5 Å². The van der Waals surface area contributed by atoms with Crippen LogP contribution in [0.25, 0.3) is 5.82 Å². The summed E-state index contributed by atoms with van der Waals surface area (Å²) in [7, 11) is 0. The van der Waals surface area contributed by atoms with Crippen LogP contribution in [0.2, 0.25) is 0 Å². The van der Waals surface area contributed by atoms with Gasteiger partial charge in [0.05, 0.1) is 0 Å². The van der Waals surface area contributed by atoms with E-state index in [1.54, 1.807) is 12.3 Å². The molecule has 2 aromatic heterocycles. The number of fused-ring (bicyclic) bond motifs is 2. The standard InChI is InChI=1S/C9H10N6O.C7H6/c1-6-3-2-4-11-7(6)15-5-12-8(14-10)13-9(15)16;1-2-7-4-3-6(1)5-7/h2-5H,10H2,1H3,(H,13,14,16);1-4H,5H2. The monoisotopic (exact) mass is 308 g/mol. The maximum absolute atomic E-state index is 11.6. The highest BCUT2D eigenvalue weighted by atomic mass is 16.1. The molecule has 4 rings (SSSR count).